The molecule has 3 heteroatoms. The van der Waals surface area contributed by atoms with E-state index in [0.717, 1.165) is 6.08 Å². The molecule has 0 spiro atoms. The minimum absolute atomic E-state index is 0.343. The first-order valence-electron chi connectivity index (χ1n) is 4.32. The smallest absolute Gasteiger partial charge is 0.244 e. The number of carbonyl (C=O) groups is 1. The summed E-state index contributed by atoms with van der Waals surface area (Å²) in [4.78, 5) is 11.0. The fraction of sp³-hybridized carbons (Fsp3) is 0.0833. The van der Waals surface area contributed by atoms with Crippen LogP contribution in [-0.2, 0) is 4.79 Å². The molecule has 1 aromatic rings. The fourth-order valence-corrected chi connectivity index (χ4v) is 1.08. The van der Waals surface area contributed by atoms with Gasteiger partial charge in [0.15, 0.2) is 0 Å². The van der Waals surface area contributed by atoms with E-state index in [1.165, 1.54) is 24.3 Å². The zero-order valence-corrected chi connectivity index (χ0v) is 8.03. The summed E-state index contributed by atoms with van der Waals surface area (Å²) in [5.41, 5.74) is 0.661. The van der Waals surface area contributed by atoms with Crippen molar-refractivity contribution in [3.8, 4) is 12.3 Å². The lowest BCUT2D eigenvalue weighted by molar-refractivity contribution is -0.116. The van der Waals surface area contributed by atoms with Crippen LogP contribution in [0.1, 0.15) is 11.6 Å². The van der Waals surface area contributed by atoms with Gasteiger partial charge in [0, 0.05) is 0 Å². The summed E-state index contributed by atoms with van der Waals surface area (Å²) in [5.74, 6) is 1.70. The van der Waals surface area contributed by atoms with Crippen molar-refractivity contribution in [3.05, 3.63) is 48.3 Å². The van der Waals surface area contributed by atoms with Gasteiger partial charge in [-0.15, -0.1) is 6.42 Å². The highest BCUT2D eigenvalue weighted by atomic mass is 19.1. The first kappa shape index (κ1) is 11.0. The molecule has 2 nitrogen and oxygen atoms in total. The topological polar surface area (TPSA) is 29.1 Å². The maximum atomic E-state index is 12.6. The Balaban J connectivity index is 2.84. The number of hydrogen-bond acceptors (Lipinski definition) is 1. The van der Waals surface area contributed by atoms with Crippen molar-refractivity contribution in [1.29, 1.82) is 0 Å². The summed E-state index contributed by atoms with van der Waals surface area (Å²) in [6, 6.07) is 5.09. The molecule has 0 bridgehead atoms. The number of hydrogen-bond donors (Lipinski definition) is 1. The molecular formula is C12H10FNO. The second-order valence-corrected chi connectivity index (χ2v) is 2.86. The number of amides is 1. The largest absolute Gasteiger partial charge is 0.335 e. The van der Waals surface area contributed by atoms with Crippen molar-refractivity contribution in [3.63, 3.8) is 0 Å². The van der Waals surface area contributed by atoms with Crippen LogP contribution in [0.5, 0.6) is 0 Å². The van der Waals surface area contributed by atoms with Gasteiger partial charge in [-0.2, -0.15) is 0 Å². The molecule has 1 amide bonds. The van der Waals surface area contributed by atoms with E-state index in [2.05, 4.69) is 17.8 Å². The van der Waals surface area contributed by atoms with Gasteiger partial charge in [0.05, 0.1) is 0 Å². The molecule has 0 fully saturated rings. The van der Waals surface area contributed by atoms with E-state index >= 15 is 0 Å². The highest BCUT2D eigenvalue weighted by Crippen LogP contribution is 2.12. The number of terminal acetylenes is 1. The number of halogens is 1. The third kappa shape index (κ3) is 2.96. The quantitative estimate of drug-likeness (QED) is 0.589. The van der Waals surface area contributed by atoms with Crippen LogP contribution >= 0.6 is 0 Å². The normalized spacial score (nSPS) is 11.2. The van der Waals surface area contributed by atoms with Crippen LogP contribution < -0.4 is 5.32 Å². The van der Waals surface area contributed by atoms with Crippen LogP contribution in [0.2, 0.25) is 0 Å². The van der Waals surface area contributed by atoms with Gasteiger partial charge in [-0.1, -0.05) is 24.6 Å². The van der Waals surface area contributed by atoms with Crippen molar-refractivity contribution in [2.24, 2.45) is 0 Å². The van der Waals surface area contributed by atoms with E-state index < -0.39 is 6.04 Å². The van der Waals surface area contributed by atoms with Crippen LogP contribution in [0.25, 0.3) is 0 Å². The Bertz CT molecular complexity index is 403. The van der Waals surface area contributed by atoms with Gasteiger partial charge in [-0.3, -0.25) is 4.79 Å². The molecule has 0 aliphatic rings. The predicted octanol–water partition coefficient (Wildman–Crippen LogP) is 1.80. The molecule has 0 heterocycles. The van der Waals surface area contributed by atoms with Crippen molar-refractivity contribution < 1.29 is 9.18 Å². The Morgan fingerprint density at radius 3 is 2.60 bits per heavy atom. The Hall–Kier alpha value is -2.08. The van der Waals surface area contributed by atoms with Crippen LogP contribution in [-0.4, -0.2) is 5.91 Å². The van der Waals surface area contributed by atoms with Gasteiger partial charge in [0.2, 0.25) is 5.91 Å². The molecule has 15 heavy (non-hydrogen) atoms. The summed E-state index contributed by atoms with van der Waals surface area (Å²) >= 11 is 0. The van der Waals surface area contributed by atoms with Gasteiger partial charge in [0.1, 0.15) is 11.9 Å². The molecule has 0 aliphatic carbocycles. The number of carbonyl (C=O) groups excluding carboxylic acids is 1. The van der Waals surface area contributed by atoms with E-state index in [1.54, 1.807) is 0 Å². The Morgan fingerprint density at radius 1 is 1.53 bits per heavy atom. The highest BCUT2D eigenvalue weighted by molar-refractivity contribution is 5.87. The van der Waals surface area contributed by atoms with Crippen LogP contribution in [0.4, 0.5) is 4.39 Å². The maximum Gasteiger partial charge on any atom is 0.244 e. The van der Waals surface area contributed by atoms with Crippen molar-refractivity contribution in [1.82, 2.24) is 5.32 Å². The monoisotopic (exact) mass is 203 g/mol. The lowest BCUT2D eigenvalue weighted by Crippen LogP contribution is -2.25. The third-order valence-electron chi connectivity index (χ3n) is 1.84. The van der Waals surface area contributed by atoms with Crippen LogP contribution in [0.3, 0.4) is 0 Å². The summed E-state index contributed by atoms with van der Waals surface area (Å²) in [6.07, 6.45) is 6.39. The van der Waals surface area contributed by atoms with Crippen LogP contribution in [0, 0.1) is 18.2 Å². The SMILES string of the molecule is C#CC(NC(=O)C=C)c1ccc(F)cc1. The van der Waals surface area contributed by atoms with Crippen molar-refractivity contribution in [2.45, 2.75) is 6.04 Å². The van der Waals surface area contributed by atoms with Gasteiger partial charge in [-0.25, -0.2) is 4.39 Å². The molecule has 0 saturated carbocycles. The summed E-state index contributed by atoms with van der Waals surface area (Å²) < 4.78 is 12.6. The molecule has 0 aromatic heterocycles. The third-order valence-corrected chi connectivity index (χ3v) is 1.84. The zero-order chi connectivity index (χ0) is 11.3. The number of rotatable bonds is 3. The van der Waals surface area contributed by atoms with Crippen molar-refractivity contribution in [2.75, 3.05) is 0 Å². The summed E-state index contributed by atoms with van der Waals surface area (Å²) in [6.45, 7) is 3.32. The van der Waals surface area contributed by atoms with E-state index in [0.29, 0.717) is 5.56 Å². The van der Waals surface area contributed by atoms with E-state index in [4.69, 9.17) is 6.42 Å². The Morgan fingerprint density at radius 2 is 2.13 bits per heavy atom. The van der Waals surface area contributed by atoms with Gasteiger partial charge >= 0.3 is 0 Å². The van der Waals surface area contributed by atoms with Gasteiger partial charge in [-0.05, 0) is 23.8 Å². The molecular weight excluding hydrogens is 193 g/mol. The second kappa shape index (κ2) is 4.97. The minimum atomic E-state index is -0.559. The van der Waals surface area contributed by atoms with Crippen LogP contribution in [0.15, 0.2) is 36.9 Å². The van der Waals surface area contributed by atoms with E-state index in [9.17, 15) is 9.18 Å². The number of benzene rings is 1. The molecule has 1 atom stereocenters. The average Bonchev–Trinajstić information content (AvgIpc) is 2.27. The molecule has 0 radical (unpaired) electrons. The summed E-state index contributed by atoms with van der Waals surface area (Å²) in [7, 11) is 0. The Kier molecular flexibility index (Phi) is 3.64. The van der Waals surface area contributed by atoms with E-state index in [1.807, 2.05) is 0 Å². The molecule has 0 saturated heterocycles. The standard InChI is InChI=1S/C12H10FNO/c1-3-11(14-12(15)4-2)9-5-7-10(13)8-6-9/h1,4-8,11H,2H2,(H,14,15). The molecule has 1 N–H and O–H groups in total. The predicted molar refractivity (Wildman–Crippen MR) is 56.3 cm³/mol. The van der Waals surface area contributed by atoms with E-state index in [-0.39, 0.29) is 11.7 Å². The second-order valence-electron chi connectivity index (χ2n) is 2.86. The van der Waals surface area contributed by atoms with Gasteiger partial charge in [0.25, 0.3) is 0 Å². The first-order chi connectivity index (χ1) is 7.17. The molecule has 1 rings (SSSR count). The molecule has 1 aromatic carbocycles. The first-order valence-corrected chi connectivity index (χ1v) is 4.32. The highest BCUT2D eigenvalue weighted by Gasteiger charge is 2.09. The lowest BCUT2D eigenvalue weighted by Gasteiger charge is -2.11. The lowest BCUT2D eigenvalue weighted by atomic mass is 10.1. The Labute approximate surface area is 87.8 Å². The zero-order valence-electron chi connectivity index (χ0n) is 8.03. The average molecular weight is 203 g/mol. The molecule has 1 unspecified atom stereocenters. The fourth-order valence-electron chi connectivity index (χ4n) is 1.08. The molecule has 0 aliphatic heterocycles. The minimum Gasteiger partial charge on any atom is -0.335 e. The van der Waals surface area contributed by atoms with Crippen molar-refractivity contribution >= 4 is 5.91 Å². The number of nitrogens with one attached hydrogen (secondary N) is 1. The summed E-state index contributed by atoms with van der Waals surface area (Å²) in [5, 5.41) is 2.54. The maximum absolute atomic E-state index is 12.6. The van der Waals surface area contributed by atoms with Gasteiger partial charge < -0.3 is 5.32 Å². The molecule has 76 valence electrons.